The first kappa shape index (κ1) is 27.5. The maximum Gasteiger partial charge on any atom is 0.320 e. The number of anilines is 1. The van der Waals surface area contributed by atoms with Crippen LogP contribution in [0, 0.1) is 11.6 Å². The summed E-state index contributed by atoms with van der Waals surface area (Å²) in [7, 11) is 1.61. The standard InChI is InChI=1S/C27H33F2N5O4/c1-3-38-26-20(11-13-35)25(34(32-26)19-7-5-4-6-8-19)31-27(36)30-24-17-33(12-14-37-2)16-21(24)18-9-10-22(28)23(29)15-18/h4-10,15,21,24,35H,3,11-14,16-17H2,1-2H3,(H2,30,31,36). The number of aliphatic hydroxyl groups excluding tert-OH is 1. The maximum absolute atomic E-state index is 14.0. The number of benzene rings is 2. The SMILES string of the molecule is CCOc1nn(-c2ccccc2)c(NC(=O)NC2CN(CCOC)CC2c2ccc(F)c(F)c2)c1CCO. The van der Waals surface area contributed by atoms with Gasteiger partial charge in [0.15, 0.2) is 11.6 Å². The highest BCUT2D eigenvalue weighted by Crippen LogP contribution is 2.31. The number of nitrogens with zero attached hydrogens (tertiary/aromatic N) is 3. The van der Waals surface area contributed by atoms with Gasteiger partial charge in [0.25, 0.3) is 0 Å². The molecule has 2 unspecified atom stereocenters. The number of aromatic nitrogens is 2. The number of para-hydroxylation sites is 1. The van der Waals surface area contributed by atoms with E-state index in [-0.39, 0.29) is 25.0 Å². The summed E-state index contributed by atoms with van der Waals surface area (Å²) in [5.74, 6) is -1.40. The van der Waals surface area contributed by atoms with Crippen molar-refractivity contribution in [2.24, 2.45) is 0 Å². The minimum absolute atomic E-state index is 0.161. The lowest BCUT2D eigenvalue weighted by molar-refractivity contribution is 0.159. The van der Waals surface area contributed by atoms with Gasteiger partial charge in [-0.05, 0) is 36.8 Å². The van der Waals surface area contributed by atoms with E-state index in [4.69, 9.17) is 9.47 Å². The summed E-state index contributed by atoms with van der Waals surface area (Å²) in [5.41, 5.74) is 1.88. The zero-order chi connectivity index (χ0) is 27.1. The molecular weight excluding hydrogens is 496 g/mol. The van der Waals surface area contributed by atoms with Gasteiger partial charge >= 0.3 is 6.03 Å². The Morgan fingerprint density at radius 2 is 1.95 bits per heavy atom. The third-order valence-corrected chi connectivity index (χ3v) is 6.52. The third-order valence-electron chi connectivity index (χ3n) is 6.52. The first-order chi connectivity index (χ1) is 18.4. The number of nitrogens with one attached hydrogen (secondary N) is 2. The molecule has 3 N–H and O–H groups in total. The number of amides is 2. The highest BCUT2D eigenvalue weighted by molar-refractivity contribution is 5.90. The van der Waals surface area contributed by atoms with E-state index >= 15 is 0 Å². The number of halogens is 2. The van der Waals surface area contributed by atoms with Crippen LogP contribution in [-0.4, -0.2) is 78.4 Å². The third kappa shape index (κ3) is 6.29. The van der Waals surface area contributed by atoms with Crippen molar-refractivity contribution in [3.05, 3.63) is 71.3 Å². The lowest BCUT2D eigenvalue weighted by atomic mass is 9.94. The number of hydrogen-bond donors (Lipinski definition) is 3. The van der Waals surface area contributed by atoms with Crippen molar-refractivity contribution >= 4 is 11.8 Å². The zero-order valence-corrected chi connectivity index (χ0v) is 21.5. The van der Waals surface area contributed by atoms with Gasteiger partial charge in [0.2, 0.25) is 5.88 Å². The summed E-state index contributed by atoms with van der Waals surface area (Å²) in [6.45, 7) is 4.23. The fourth-order valence-electron chi connectivity index (χ4n) is 4.73. The van der Waals surface area contributed by atoms with Crippen LogP contribution < -0.4 is 15.4 Å². The second-order valence-electron chi connectivity index (χ2n) is 9.02. The number of methoxy groups -OCH3 is 1. The molecule has 0 spiro atoms. The number of rotatable bonds is 11. The van der Waals surface area contributed by atoms with Crippen LogP contribution in [0.15, 0.2) is 48.5 Å². The number of aliphatic hydroxyl groups is 1. The molecule has 0 aliphatic carbocycles. The molecule has 2 aromatic carbocycles. The van der Waals surface area contributed by atoms with E-state index in [1.807, 2.05) is 37.3 Å². The Labute approximate surface area is 220 Å². The molecule has 2 atom stereocenters. The van der Waals surface area contributed by atoms with E-state index in [1.165, 1.54) is 6.07 Å². The molecular formula is C27H33F2N5O4. The number of hydrogen-bond acceptors (Lipinski definition) is 6. The minimum Gasteiger partial charge on any atom is -0.477 e. The van der Waals surface area contributed by atoms with Gasteiger partial charge in [-0.15, -0.1) is 5.10 Å². The second-order valence-corrected chi connectivity index (χ2v) is 9.02. The molecule has 0 saturated carbocycles. The molecule has 1 aliphatic heterocycles. The number of likely N-dealkylation sites (tertiary alicyclic amines) is 1. The van der Waals surface area contributed by atoms with Gasteiger partial charge in [0, 0.05) is 45.7 Å². The topological polar surface area (TPSA) is 101 Å². The van der Waals surface area contributed by atoms with Crippen LogP contribution >= 0.6 is 0 Å². The molecule has 9 nitrogen and oxygen atoms in total. The van der Waals surface area contributed by atoms with E-state index in [0.29, 0.717) is 61.4 Å². The van der Waals surface area contributed by atoms with Gasteiger partial charge in [-0.3, -0.25) is 10.2 Å². The molecule has 1 saturated heterocycles. The van der Waals surface area contributed by atoms with Crippen LogP contribution in [0.4, 0.5) is 19.4 Å². The van der Waals surface area contributed by atoms with Crippen molar-refractivity contribution < 1.29 is 28.2 Å². The van der Waals surface area contributed by atoms with Crippen LogP contribution in [0.3, 0.4) is 0 Å². The predicted octanol–water partition coefficient (Wildman–Crippen LogP) is 3.32. The Kier molecular flexibility index (Phi) is 9.27. The van der Waals surface area contributed by atoms with Crippen LogP contribution in [0.5, 0.6) is 5.88 Å². The lowest BCUT2D eigenvalue weighted by Crippen LogP contribution is -2.42. The molecule has 38 heavy (non-hydrogen) atoms. The fraction of sp³-hybridized carbons (Fsp3) is 0.407. The summed E-state index contributed by atoms with van der Waals surface area (Å²) in [4.78, 5) is 15.5. The van der Waals surface area contributed by atoms with Gasteiger partial charge in [0.05, 0.1) is 30.5 Å². The van der Waals surface area contributed by atoms with E-state index in [1.54, 1.807) is 17.9 Å². The number of urea groups is 1. The number of ether oxygens (including phenoxy) is 2. The Morgan fingerprint density at radius 1 is 1.16 bits per heavy atom. The largest absolute Gasteiger partial charge is 0.477 e. The average Bonchev–Trinajstić information content (AvgIpc) is 3.46. The second kappa shape index (κ2) is 12.8. The normalized spacial score (nSPS) is 17.5. The average molecular weight is 530 g/mol. The monoisotopic (exact) mass is 529 g/mol. The predicted molar refractivity (Wildman–Crippen MR) is 139 cm³/mol. The molecule has 4 rings (SSSR count). The first-order valence-corrected chi connectivity index (χ1v) is 12.6. The molecule has 3 aromatic rings. The number of carbonyl (C=O) groups excluding carboxylic acids is 1. The molecule has 0 radical (unpaired) electrons. The van der Waals surface area contributed by atoms with E-state index in [0.717, 1.165) is 6.07 Å². The van der Waals surface area contributed by atoms with Crippen molar-refractivity contribution in [2.45, 2.75) is 25.3 Å². The summed E-state index contributed by atoms with van der Waals surface area (Å²) in [5, 5.41) is 20.1. The van der Waals surface area contributed by atoms with Crippen molar-refractivity contribution in [3.8, 4) is 11.6 Å². The summed E-state index contributed by atoms with van der Waals surface area (Å²) in [6.07, 6.45) is 0.226. The molecule has 11 heteroatoms. The van der Waals surface area contributed by atoms with E-state index in [9.17, 15) is 18.7 Å². The van der Waals surface area contributed by atoms with Gasteiger partial charge < -0.3 is 19.9 Å². The molecule has 1 fully saturated rings. The van der Waals surface area contributed by atoms with Crippen molar-refractivity contribution in [2.75, 3.05) is 51.9 Å². The quantitative estimate of drug-likeness (QED) is 0.352. The van der Waals surface area contributed by atoms with Gasteiger partial charge in [-0.2, -0.15) is 0 Å². The van der Waals surface area contributed by atoms with Crippen molar-refractivity contribution in [1.82, 2.24) is 20.0 Å². The molecule has 2 heterocycles. The van der Waals surface area contributed by atoms with Crippen LogP contribution in [0.25, 0.3) is 5.69 Å². The van der Waals surface area contributed by atoms with E-state index < -0.39 is 17.7 Å². The highest BCUT2D eigenvalue weighted by atomic mass is 19.2. The van der Waals surface area contributed by atoms with Gasteiger partial charge in [0.1, 0.15) is 5.82 Å². The maximum atomic E-state index is 14.0. The molecule has 1 aliphatic rings. The first-order valence-electron chi connectivity index (χ1n) is 12.6. The summed E-state index contributed by atoms with van der Waals surface area (Å²) >= 11 is 0. The van der Waals surface area contributed by atoms with Crippen molar-refractivity contribution in [1.29, 1.82) is 0 Å². The van der Waals surface area contributed by atoms with Crippen molar-refractivity contribution in [3.63, 3.8) is 0 Å². The minimum atomic E-state index is -0.926. The molecule has 1 aromatic heterocycles. The van der Waals surface area contributed by atoms with Crippen LogP contribution in [-0.2, 0) is 11.2 Å². The van der Waals surface area contributed by atoms with Gasteiger partial charge in [-0.25, -0.2) is 18.3 Å². The summed E-state index contributed by atoms with van der Waals surface area (Å²) in [6, 6.07) is 12.2. The Balaban J connectivity index is 1.60. The zero-order valence-electron chi connectivity index (χ0n) is 21.5. The molecule has 204 valence electrons. The Hall–Kier alpha value is -3.54. The molecule has 0 bridgehead atoms. The fourth-order valence-corrected chi connectivity index (χ4v) is 4.73. The molecule has 2 amide bonds. The Bertz CT molecular complexity index is 1220. The summed E-state index contributed by atoms with van der Waals surface area (Å²) < 4.78 is 40.1. The lowest BCUT2D eigenvalue weighted by Gasteiger charge is -2.21. The highest BCUT2D eigenvalue weighted by Gasteiger charge is 2.35. The van der Waals surface area contributed by atoms with Gasteiger partial charge in [-0.1, -0.05) is 24.3 Å². The van der Waals surface area contributed by atoms with Crippen LogP contribution in [0.2, 0.25) is 0 Å². The smallest absolute Gasteiger partial charge is 0.320 e. The number of carbonyl (C=O) groups is 1. The van der Waals surface area contributed by atoms with E-state index in [2.05, 4.69) is 20.6 Å². The Morgan fingerprint density at radius 3 is 2.63 bits per heavy atom. The van der Waals surface area contributed by atoms with Crippen LogP contribution in [0.1, 0.15) is 24.0 Å².